The van der Waals surface area contributed by atoms with Gasteiger partial charge in [0.1, 0.15) is 5.76 Å². The molecule has 1 unspecified atom stereocenters. The Morgan fingerprint density at radius 3 is 2.17 bits per heavy atom. The predicted octanol–water partition coefficient (Wildman–Crippen LogP) is 5.19. The maximum absolute atomic E-state index is 13.0. The summed E-state index contributed by atoms with van der Waals surface area (Å²) in [5.41, 5.74) is 4.96. The Labute approximate surface area is 211 Å². The highest BCUT2D eigenvalue weighted by molar-refractivity contribution is 5.93. The maximum Gasteiger partial charge on any atom is 0.251 e. The van der Waals surface area contributed by atoms with E-state index in [2.05, 4.69) is 47.0 Å². The number of carbonyl (C=O) groups is 2. The molecule has 0 aliphatic rings. The Morgan fingerprint density at radius 2 is 1.53 bits per heavy atom. The second-order valence-electron chi connectivity index (χ2n) is 8.78. The van der Waals surface area contributed by atoms with E-state index in [1.54, 1.807) is 25.4 Å². The van der Waals surface area contributed by atoms with Crippen LogP contribution in [-0.4, -0.2) is 30.3 Å². The Morgan fingerprint density at radius 1 is 0.833 bits per heavy atom. The van der Waals surface area contributed by atoms with Crippen LogP contribution in [0.15, 0.2) is 102 Å². The Kier molecular flexibility index (Phi) is 8.32. The van der Waals surface area contributed by atoms with Crippen molar-refractivity contribution >= 4 is 11.8 Å². The van der Waals surface area contributed by atoms with E-state index in [4.69, 9.17) is 4.42 Å². The SMILES string of the molecule is CNC(=O)c1ccc(CN(CC(=O)NC(C)c2ccc(-c3ccccc3)cc2)Cc2ccco2)cc1. The fourth-order valence-corrected chi connectivity index (χ4v) is 4.12. The molecule has 3 aromatic carbocycles. The fourth-order valence-electron chi connectivity index (χ4n) is 4.12. The highest BCUT2D eigenvalue weighted by Gasteiger charge is 2.16. The smallest absolute Gasteiger partial charge is 0.251 e. The van der Waals surface area contributed by atoms with E-state index in [1.165, 1.54) is 0 Å². The molecule has 6 nitrogen and oxygen atoms in total. The van der Waals surface area contributed by atoms with E-state index < -0.39 is 0 Å². The van der Waals surface area contributed by atoms with Crippen molar-refractivity contribution in [3.8, 4) is 11.1 Å². The van der Waals surface area contributed by atoms with Crippen molar-refractivity contribution in [3.05, 3.63) is 120 Å². The molecule has 0 aliphatic carbocycles. The van der Waals surface area contributed by atoms with Gasteiger partial charge in [0.2, 0.25) is 5.91 Å². The molecule has 2 N–H and O–H groups in total. The van der Waals surface area contributed by atoms with Gasteiger partial charge >= 0.3 is 0 Å². The quantitative estimate of drug-likeness (QED) is 0.327. The first-order valence-corrected chi connectivity index (χ1v) is 12.0. The number of hydrogen-bond donors (Lipinski definition) is 2. The highest BCUT2D eigenvalue weighted by atomic mass is 16.3. The Bertz CT molecular complexity index is 1250. The number of furan rings is 1. The summed E-state index contributed by atoms with van der Waals surface area (Å²) in [6.07, 6.45) is 1.63. The van der Waals surface area contributed by atoms with Gasteiger partial charge in [0.15, 0.2) is 0 Å². The zero-order valence-electron chi connectivity index (χ0n) is 20.6. The van der Waals surface area contributed by atoms with Gasteiger partial charge in [-0.1, -0.05) is 66.7 Å². The molecule has 0 fully saturated rings. The average molecular weight is 482 g/mol. The van der Waals surface area contributed by atoms with Crippen molar-refractivity contribution in [3.63, 3.8) is 0 Å². The molecule has 0 saturated heterocycles. The van der Waals surface area contributed by atoms with Gasteiger partial charge in [-0.05, 0) is 53.4 Å². The minimum atomic E-state index is -0.126. The number of benzene rings is 3. The predicted molar refractivity (Wildman–Crippen MR) is 141 cm³/mol. The topological polar surface area (TPSA) is 74.6 Å². The van der Waals surface area contributed by atoms with Gasteiger partial charge in [0.25, 0.3) is 5.91 Å². The van der Waals surface area contributed by atoms with E-state index in [-0.39, 0.29) is 24.4 Å². The van der Waals surface area contributed by atoms with Crippen LogP contribution in [0, 0.1) is 0 Å². The summed E-state index contributed by atoms with van der Waals surface area (Å²) in [6, 6.07) is 29.5. The van der Waals surface area contributed by atoms with Gasteiger partial charge in [0.05, 0.1) is 25.4 Å². The molecule has 6 heteroatoms. The molecule has 0 spiro atoms. The Hall–Kier alpha value is -4.16. The molecule has 1 heterocycles. The van der Waals surface area contributed by atoms with Crippen LogP contribution >= 0.6 is 0 Å². The van der Waals surface area contributed by atoms with E-state index in [9.17, 15) is 9.59 Å². The zero-order valence-corrected chi connectivity index (χ0v) is 20.6. The van der Waals surface area contributed by atoms with Crippen LogP contribution in [0.1, 0.15) is 40.2 Å². The molecule has 184 valence electrons. The first-order valence-electron chi connectivity index (χ1n) is 12.0. The van der Waals surface area contributed by atoms with E-state index in [0.717, 1.165) is 28.0 Å². The largest absolute Gasteiger partial charge is 0.468 e. The molecular formula is C30H31N3O3. The van der Waals surface area contributed by atoms with Gasteiger partial charge in [0, 0.05) is 19.2 Å². The number of nitrogens with one attached hydrogen (secondary N) is 2. The minimum Gasteiger partial charge on any atom is -0.468 e. The molecule has 0 aliphatic heterocycles. The van der Waals surface area contributed by atoms with Crippen LogP contribution in [0.2, 0.25) is 0 Å². The van der Waals surface area contributed by atoms with Crippen LogP contribution in [0.3, 0.4) is 0 Å². The molecular weight excluding hydrogens is 450 g/mol. The molecule has 4 aromatic rings. The van der Waals surface area contributed by atoms with Crippen LogP contribution in [0.25, 0.3) is 11.1 Å². The van der Waals surface area contributed by atoms with Crippen LogP contribution in [0.5, 0.6) is 0 Å². The summed E-state index contributed by atoms with van der Waals surface area (Å²) >= 11 is 0. The summed E-state index contributed by atoms with van der Waals surface area (Å²) in [6.45, 7) is 3.24. The molecule has 36 heavy (non-hydrogen) atoms. The highest BCUT2D eigenvalue weighted by Crippen LogP contribution is 2.22. The van der Waals surface area contributed by atoms with Gasteiger partial charge in [-0.2, -0.15) is 0 Å². The number of rotatable bonds is 10. The lowest BCUT2D eigenvalue weighted by Crippen LogP contribution is -2.37. The lowest BCUT2D eigenvalue weighted by molar-refractivity contribution is -0.123. The summed E-state index contributed by atoms with van der Waals surface area (Å²) in [5.74, 6) is 0.594. The van der Waals surface area contributed by atoms with Crippen molar-refractivity contribution in [2.24, 2.45) is 0 Å². The van der Waals surface area contributed by atoms with Crippen molar-refractivity contribution in [2.75, 3.05) is 13.6 Å². The minimum absolute atomic E-state index is 0.0665. The van der Waals surface area contributed by atoms with Crippen molar-refractivity contribution in [2.45, 2.75) is 26.1 Å². The number of carbonyl (C=O) groups excluding carboxylic acids is 2. The lowest BCUT2D eigenvalue weighted by atomic mass is 10.0. The first kappa shape index (κ1) is 24.9. The first-order chi connectivity index (χ1) is 17.5. The molecule has 0 bridgehead atoms. The molecule has 0 saturated carbocycles. The summed E-state index contributed by atoms with van der Waals surface area (Å²) in [7, 11) is 1.61. The molecule has 2 amide bonds. The second kappa shape index (κ2) is 12.0. The Balaban J connectivity index is 1.39. The van der Waals surface area contributed by atoms with Gasteiger partial charge in [-0.3, -0.25) is 14.5 Å². The van der Waals surface area contributed by atoms with Crippen LogP contribution in [0.4, 0.5) is 0 Å². The summed E-state index contributed by atoms with van der Waals surface area (Å²) in [5, 5.41) is 5.74. The lowest BCUT2D eigenvalue weighted by Gasteiger charge is -2.23. The molecule has 1 atom stereocenters. The monoisotopic (exact) mass is 481 g/mol. The van der Waals surface area contributed by atoms with Gasteiger partial charge in [-0.25, -0.2) is 0 Å². The fraction of sp³-hybridized carbons (Fsp3) is 0.200. The van der Waals surface area contributed by atoms with E-state index in [1.807, 2.05) is 54.3 Å². The van der Waals surface area contributed by atoms with Crippen molar-refractivity contribution in [1.82, 2.24) is 15.5 Å². The number of amides is 2. The van der Waals surface area contributed by atoms with Gasteiger partial charge in [-0.15, -0.1) is 0 Å². The molecule has 1 aromatic heterocycles. The summed E-state index contributed by atoms with van der Waals surface area (Å²) in [4.78, 5) is 26.8. The third-order valence-corrected chi connectivity index (χ3v) is 6.07. The van der Waals surface area contributed by atoms with E-state index in [0.29, 0.717) is 18.7 Å². The third-order valence-electron chi connectivity index (χ3n) is 6.07. The number of hydrogen-bond acceptors (Lipinski definition) is 4. The standard InChI is InChI=1S/C30H31N3O3/c1-22(24-14-16-26(17-15-24)25-7-4-3-5-8-25)32-29(34)21-33(20-28-9-6-18-36-28)19-23-10-12-27(13-11-23)30(35)31-2/h3-18,22H,19-21H2,1-2H3,(H,31,35)(H,32,34). The molecule has 0 radical (unpaired) electrons. The summed E-state index contributed by atoms with van der Waals surface area (Å²) < 4.78 is 5.52. The maximum atomic E-state index is 13.0. The zero-order chi connectivity index (χ0) is 25.3. The number of nitrogens with zero attached hydrogens (tertiary/aromatic N) is 1. The van der Waals surface area contributed by atoms with Crippen LogP contribution < -0.4 is 10.6 Å². The average Bonchev–Trinajstić information content (AvgIpc) is 3.42. The van der Waals surface area contributed by atoms with Crippen molar-refractivity contribution in [1.29, 1.82) is 0 Å². The van der Waals surface area contributed by atoms with Gasteiger partial charge < -0.3 is 15.1 Å². The normalized spacial score (nSPS) is 11.8. The van der Waals surface area contributed by atoms with Crippen LogP contribution in [-0.2, 0) is 17.9 Å². The van der Waals surface area contributed by atoms with Crippen molar-refractivity contribution < 1.29 is 14.0 Å². The second-order valence-corrected chi connectivity index (χ2v) is 8.78. The molecule has 4 rings (SSSR count). The van der Waals surface area contributed by atoms with E-state index >= 15 is 0 Å². The third kappa shape index (κ3) is 6.71.